The normalized spacial score (nSPS) is 15.6. The lowest BCUT2D eigenvalue weighted by molar-refractivity contribution is 0.0210. The molecular formula is C19H25N3O5. The summed E-state index contributed by atoms with van der Waals surface area (Å²) >= 11 is 0. The van der Waals surface area contributed by atoms with E-state index in [0.29, 0.717) is 35.8 Å². The number of anilines is 1. The summed E-state index contributed by atoms with van der Waals surface area (Å²) in [5.41, 5.74) is 1.12. The minimum atomic E-state index is -0.493. The Hall–Kier alpha value is -2.77. The van der Waals surface area contributed by atoms with Crippen molar-refractivity contribution in [3.63, 3.8) is 0 Å². The van der Waals surface area contributed by atoms with Gasteiger partial charge in [0.1, 0.15) is 11.1 Å². The number of hydrogen-bond acceptors (Lipinski definition) is 7. The summed E-state index contributed by atoms with van der Waals surface area (Å²) in [6.07, 6.45) is 1.26. The number of ether oxygens (including phenoxy) is 2. The van der Waals surface area contributed by atoms with Crippen molar-refractivity contribution in [3.05, 3.63) is 23.8 Å². The number of benzene rings is 1. The molecular weight excluding hydrogens is 350 g/mol. The predicted octanol–water partition coefficient (Wildman–Crippen LogP) is 3.43. The van der Waals surface area contributed by atoms with Gasteiger partial charge in [-0.1, -0.05) is 0 Å². The summed E-state index contributed by atoms with van der Waals surface area (Å²) in [6.45, 7) is 6.80. The minimum absolute atomic E-state index is 0.150. The summed E-state index contributed by atoms with van der Waals surface area (Å²) in [5, 5.41) is 3.27. The Morgan fingerprint density at radius 1 is 1.26 bits per heavy atom. The van der Waals surface area contributed by atoms with E-state index in [-0.39, 0.29) is 12.1 Å². The summed E-state index contributed by atoms with van der Waals surface area (Å²) < 4.78 is 15.8. The number of aromatic nitrogens is 1. The second-order valence-electron chi connectivity index (χ2n) is 7.58. The standard InChI is InChI=1S/C19H25N3O5/c1-19(2,3)27-18(24)22-9-7-13(8-10-22)20-17-21-14-11-12(16(23)25-4)5-6-15(14)26-17/h5-6,11,13H,7-10H2,1-4H3,(H,20,21). The molecule has 0 aliphatic carbocycles. The number of nitrogens with one attached hydrogen (secondary N) is 1. The number of piperidine rings is 1. The van der Waals surface area contributed by atoms with Gasteiger partial charge in [0.05, 0.1) is 12.7 Å². The van der Waals surface area contributed by atoms with Gasteiger partial charge < -0.3 is 24.1 Å². The first-order valence-corrected chi connectivity index (χ1v) is 8.98. The molecule has 8 nitrogen and oxygen atoms in total. The second kappa shape index (κ2) is 7.46. The van der Waals surface area contributed by atoms with Crippen LogP contribution in [0.2, 0.25) is 0 Å². The Labute approximate surface area is 157 Å². The highest BCUT2D eigenvalue weighted by molar-refractivity contribution is 5.93. The van der Waals surface area contributed by atoms with Gasteiger partial charge in [0.2, 0.25) is 0 Å². The van der Waals surface area contributed by atoms with E-state index in [1.54, 1.807) is 23.1 Å². The summed E-state index contributed by atoms with van der Waals surface area (Å²) in [7, 11) is 1.34. The molecule has 0 spiro atoms. The number of fused-ring (bicyclic) bond motifs is 1. The Bertz CT molecular complexity index is 831. The third kappa shape index (κ3) is 4.69. The lowest BCUT2D eigenvalue weighted by Gasteiger charge is -2.33. The molecule has 0 bridgehead atoms. The molecule has 1 saturated heterocycles. The van der Waals surface area contributed by atoms with Crippen LogP contribution in [0.5, 0.6) is 0 Å². The van der Waals surface area contributed by atoms with Crippen molar-refractivity contribution < 1.29 is 23.5 Å². The quantitative estimate of drug-likeness (QED) is 0.821. The lowest BCUT2D eigenvalue weighted by atomic mass is 10.1. The number of carbonyl (C=O) groups excluding carboxylic acids is 2. The van der Waals surface area contributed by atoms with Crippen LogP contribution in [0, 0.1) is 0 Å². The van der Waals surface area contributed by atoms with Gasteiger partial charge in [-0.25, -0.2) is 9.59 Å². The molecule has 2 aromatic rings. The molecule has 0 radical (unpaired) electrons. The van der Waals surface area contributed by atoms with Crippen LogP contribution in [0.15, 0.2) is 22.6 Å². The summed E-state index contributed by atoms with van der Waals surface area (Å²) in [4.78, 5) is 29.9. The van der Waals surface area contributed by atoms with Gasteiger partial charge in [-0.05, 0) is 51.8 Å². The van der Waals surface area contributed by atoms with Crippen LogP contribution < -0.4 is 5.32 Å². The highest BCUT2D eigenvalue weighted by Gasteiger charge is 2.27. The van der Waals surface area contributed by atoms with Crippen molar-refractivity contribution in [2.75, 3.05) is 25.5 Å². The average Bonchev–Trinajstić information content (AvgIpc) is 3.01. The zero-order chi connectivity index (χ0) is 19.6. The van der Waals surface area contributed by atoms with Crippen LogP contribution in [-0.4, -0.2) is 53.8 Å². The van der Waals surface area contributed by atoms with Crippen molar-refractivity contribution in [2.24, 2.45) is 0 Å². The van der Waals surface area contributed by atoms with Gasteiger partial charge in [0.15, 0.2) is 5.58 Å². The Morgan fingerprint density at radius 3 is 2.59 bits per heavy atom. The Kier molecular flexibility index (Phi) is 5.25. The zero-order valence-corrected chi connectivity index (χ0v) is 16.1. The molecule has 3 rings (SSSR count). The van der Waals surface area contributed by atoms with Gasteiger partial charge in [-0.15, -0.1) is 0 Å². The average molecular weight is 375 g/mol. The molecule has 0 unspecified atom stereocenters. The molecule has 1 fully saturated rings. The first-order chi connectivity index (χ1) is 12.7. The van der Waals surface area contributed by atoms with Crippen LogP contribution in [-0.2, 0) is 9.47 Å². The van der Waals surface area contributed by atoms with Gasteiger partial charge >= 0.3 is 12.1 Å². The highest BCUT2D eigenvalue weighted by atomic mass is 16.6. The fourth-order valence-corrected chi connectivity index (χ4v) is 2.94. The molecule has 8 heteroatoms. The first kappa shape index (κ1) is 19.0. The number of hydrogen-bond donors (Lipinski definition) is 1. The SMILES string of the molecule is COC(=O)c1ccc2oc(NC3CCN(C(=O)OC(C)(C)C)CC3)nc2c1. The van der Waals surface area contributed by atoms with E-state index in [9.17, 15) is 9.59 Å². The predicted molar refractivity (Wildman–Crippen MR) is 99.8 cm³/mol. The van der Waals surface area contributed by atoms with Crippen LogP contribution in [0.3, 0.4) is 0 Å². The molecule has 1 aromatic heterocycles. The monoisotopic (exact) mass is 375 g/mol. The molecule has 1 amide bonds. The summed E-state index contributed by atoms with van der Waals surface area (Å²) in [6, 6.07) is 5.54. The maximum atomic E-state index is 12.1. The number of amides is 1. The molecule has 1 aliphatic heterocycles. The molecule has 2 heterocycles. The number of likely N-dealkylation sites (tertiary alicyclic amines) is 1. The zero-order valence-electron chi connectivity index (χ0n) is 16.1. The number of nitrogens with zero attached hydrogens (tertiary/aromatic N) is 2. The van der Waals surface area contributed by atoms with E-state index in [0.717, 1.165) is 12.8 Å². The van der Waals surface area contributed by atoms with Gasteiger partial charge in [0, 0.05) is 19.1 Å². The number of oxazole rings is 1. The second-order valence-corrected chi connectivity index (χ2v) is 7.58. The lowest BCUT2D eigenvalue weighted by Crippen LogP contribution is -2.44. The third-order valence-electron chi connectivity index (χ3n) is 4.28. The topological polar surface area (TPSA) is 93.9 Å². The Morgan fingerprint density at radius 2 is 1.96 bits per heavy atom. The molecule has 27 heavy (non-hydrogen) atoms. The van der Waals surface area contributed by atoms with Gasteiger partial charge in [-0.3, -0.25) is 0 Å². The van der Waals surface area contributed by atoms with Crippen LogP contribution >= 0.6 is 0 Å². The van der Waals surface area contributed by atoms with Crippen LogP contribution in [0.25, 0.3) is 11.1 Å². The summed E-state index contributed by atoms with van der Waals surface area (Å²) in [5.74, 6) is -0.413. The van der Waals surface area contributed by atoms with Crippen LogP contribution in [0.4, 0.5) is 10.8 Å². The maximum absolute atomic E-state index is 12.1. The van der Waals surface area contributed by atoms with E-state index in [1.807, 2.05) is 20.8 Å². The number of rotatable bonds is 3. The van der Waals surface area contributed by atoms with Crippen molar-refractivity contribution in [1.82, 2.24) is 9.88 Å². The van der Waals surface area contributed by atoms with Gasteiger partial charge in [-0.2, -0.15) is 4.98 Å². The van der Waals surface area contributed by atoms with E-state index in [2.05, 4.69) is 10.3 Å². The molecule has 1 N–H and O–H groups in total. The third-order valence-corrected chi connectivity index (χ3v) is 4.28. The molecule has 0 atom stereocenters. The van der Waals surface area contributed by atoms with Crippen molar-refractivity contribution in [1.29, 1.82) is 0 Å². The van der Waals surface area contributed by atoms with Crippen molar-refractivity contribution >= 4 is 29.2 Å². The van der Waals surface area contributed by atoms with Gasteiger partial charge in [0.25, 0.3) is 6.01 Å². The molecule has 1 aliphatic rings. The highest BCUT2D eigenvalue weighted by Crippen LogP contribution is 2.23. The van der Waals surface area contributed by atoms with Crippen LogP contribution in [0.1, 0.15) is 44.0 Å². The van der Waals surface area contributed by atoms with E-state index in [4.69, 9.17) is 13.9 Å². The maximum Gasteiger partial charge on any atom is 0.410 e. The van der Waals surface area contributed by atoms with E-state index in [1.165, 1.54) is 7.11 Å². The minimum Gasteiger partial charge on any atom is -0.465 e. The number of esters is 1. The van der Waals surface area contributed by atoms with E-state index < -0.39 is 11.6 Å². The molecule has 146 valence electrons. The largest absolute Gasteiger partial charge is 0.465 e. The fraction of sp³-hybridized carbons (Fsp3) is 0.526. The molecule has 1 aromatic carbocycles. The smallest absolute Gasteiger partial charge is 0.410 e. The van der Waals surface area contributed by atoms with Crippen molar-refractivity contribution in [3.8, 4) is 0 Å². The number of methoxy groups -OCH3 is 1. The fourth-order valence-electron chi connectivity index (χ4n) is 2.94. The Balaban J connectivity index is 1.59. The van der Waals surface area contributed by atoms with Crippen molar-refractivity contribution in [2.45, 2.75) is 45.3 Å². The number of carbonyl (C=O) groups is 2. The van der Waals surface area contributed by atoms with E-state index >= 15 is 0 Å². The molecule has 0 saturated carbocycles. The first-order valence-electron chi connectivity index (χ1n) is 8.98.